The first-order chi connectivity index (χ1) is 8.97. The van der Waals surface area contributed by atoms with Crippen LogP contribution in [0.3, 0.4) is 0 Å². The molecule has 2 aromatic rings. The summed E-state index contributed by atoms with van der Waals surface area (Å²) in [6, 6.07) is 10.1. The number of rotatable bonds is 2. The van der Waals surface area contributed by atoms with Crippen LogP contribution in [-0.2, 0) is 0 Å². The Kier molecular flexibility index (Phi) is 3.76. The van der Waals surface area contributed by atoms with E-state index in [1.165, 1.54) is 12.1 Å². The molecule has 2 aromatic carbocycles. The summed E-state index contributed by atoms with van der Waals surface area (Å²) in [6.45, 7) is 3.82. The number of amides is 1. The number of phenolic OH excluding ortho intramolecular Hbond substituents is 1. The maximum Gasteiger partial charge on any atom is 0.255 e. The average Bonchev–Trinajstić information content (AvgIpc) is 2.35. The van der Waals surface area contributed by atoms with Gasteiger partial charge in [-0.3, -0.25) is 4.79 Å². The predicted molar refractivity (Wildman–Crippen MR) is 77.0 cm³/mol. The van der Waals surface area contributed by atoms with Gasteiger partial charge in [-0.15, -0.1) is 0 Å². The van der Waals surface area contributed by atoms with Gasteiger partial charge in [-0.1, -0.05) is 29.3 Å². The SMILES string of the molecule is Cc1ccc(C)c(C(=O)Nc2ccc(O)cc2Cl)c1. The van der Waals surface area contributed by atoms with Crippen molar-refractivity contribution in [1.29, 1.82) is 0 Å². The third-order valence-corrected chi connectivity index (χ3v) is 3.15. The highest BCUT2D eigenvalue weighted by atomic mass is 35.5. The van der Waals surface area contributed by atoms with Gasteiger partial charge >= 0.3 is 0 Å². The van der Waals surface area contributed by atoms with Crippen molar-refractivity contribution in [3.8, 4) is 5.75 Å². The number of aromatic hydroxyl groups is 1. The minimum absolute atomic E-state index is 0.0646. The van der Waals surface area contributed by atoms with E-state index in [4.69, 9.17) is 11.6 Å². The van der Waals surface area contributed by atoms with Gasteiger partial charge in [0.1, 0.15) is 5.75 Å². The number of hydrogen-bond acceptors (Lipinski definition) is 2. The van der Waals surface area contributed by atoms with Gasteiger partial charge in [0, 0.05) is 11.6 Å². The number of phenols is 1. The Morgan fingerprint density at radius 2 is 1.89 bits per heavy atom. The van der Waals surface area contributed by atoms with E-state index in [1.54, 1.807) is 6.07 Å². The molecule has 0 unspecified atom stereocenters. The largest absolute Gasteiger partial charge is 0.508 e. The Labute approximate surface area is 116 Å². The van der Waals surface area contributed by atoms with Crippen LogP contribution >= 0.6 is 11.6 Å². The molecule has 3 nitrogen and oxygen atoms in total. The topological polar surface area (TPSA) is 49.3 Å². The summed E-state index contributed by atoms with van der Waals surface area (Å²) in [4.78, 5) is 12.2. The normalized spacial score (nSPS) is 10.3. The van der Waals surface area contributed by atoms with E-state index >= 15 is 0 Å². The number of nitrogens with one attached hydrogen (secondary N) is 1. The smallest absolute Gasteiger partial charge is 0.255 e. The zero-order valence-corrected chi connectivity index (χ0v) is 11.5. The maximum absolute atomic E-state index is 12.2. The zero-order valence-electron chi connectivity index (χ0n) is 10.7. The molecule has 0 aromatic heterocycles. The summed E-state index contributed by atoms with van der Waals surface area (Å²) in [5, 5.41) is 12.3. The van der Waals surface area contributed by atoms with Crippen molar-refractivity contribution in [3.63, 3.8) is 0 Å². The second-order valence-corrected chi connectivity index (χ2v) is 4.84. The van der Waals surface area contributed by atoms with Crippen molar-refractivity contribution in [2.75, 3.05) is 5.32 Å². The number of aryl methyl sites for hydroxylation is 2. The molecule has 0 atom stereocenters. The van der Waals surface area contributed by atoms with Crippen molar-refractivity contribution in [3.05, 3.63) is 58.1 Å². The highest BCUT2D eigenvalue weighted by Crippen LogP contribution is 2.26. The van der Waals surface area contributed by atoms with Gasteiger partial charge in [0.05, 0.1) is 10.7 Å². The van der Waals surface area contributed by atoms with Crippen LogP contribution in [0.15, 0.2) is 36.4 Å². The summed E-state index contributed by atoms with van der Waals surface area (Å²) < 4.78 is 0. The molecule has 0 aliphatic rings. The molecule has 0 radical (unpaired) electrons. The second kappa shape index (κ2) is 5.33. The fraction of sp³-hybridized carbons (Fsp3) is 0.133. The molecule has 19 heavy (non-hydrogen) atoms. The van der Waals surface area contributed by atoms with E-state index in [0.29, 0.717) is 16.3 Å². The molecule has 98 valence electrons. The minimum atomic E-state index is -0.214. The highest BCUT2D eigenvalue weighted by Gasteiger charge is 2.11. The summed E-state index contributed by atoms with van der Waals surface area (Å²) in [5.74, 6) is -0.150. The number of carbonyl (C=O) groups is 1. The van der Waals surface area contributed by atoms with E-state index in [1.807, 2.05) is 32.0 Å². The first-order valence-electron chi connectivity index (χ1n) is 5.84. The molecule has 0 spiro atoms. The van der Waals surface area contributed by atoms with Crippen molar-refractivity contribution < 1.29 is 9.90 Å². The van der Waals surface area contributed by atoms with Gasteiger partial charge in [-0.05, 0) is 37.6 Å². The van der Waals surface area contributed by atoms with E-state index in [9.17, 15) is 9.90 Å². The van der Waals surface area contributed by atoms with Gasteiger partial charge in [0.25, 0.3) is 5.91 Å². The van der Waals surface area contributed by atoms with Crippen molar-refractivity contribution in [2.24, 2.45) is 0 Å². The Hall–Kier alpha value is -2.00. The first-order valence-corrected chi connectivity index (χ1v) is 6.22. The van der Waals surface area contributed by atoms with E-state index in [2.05, 4.69) is 5.32 Å². The Morgan fingerprint density at radius 3 is 2.58 bits per heavy atom. The van der Waals surface area contributed by atoms with Crippen LogP contribution in [0.1, 0.15) is 21.5 Å². The molecule has 0 heterocycles. The molecule has 0 saturated heterocycles. The van der Waals surface area contributed by atoms with Crippen LogP contribution in [0.4, 0.5) is 5.69 Å². The summed E-state index contributed by atoms with van der Waals surface area (Å²) in [6.07, 6.45) is 0. The zero-order chi connectivity index (χ0) is 14.0. The van der Waals surface area contributed by atoms with Gasteiger partial charge in [0.15, 0.2) is 0 Å². The van der Waals surface area contributed by atoms with Crippen molar-refractivity contribution in [2.45, 2.75) is 13.8 Å². The lowest BCUT2D eigenvalue weighted by molar-refractivity contribution is 0.102. The molecule has 2 N–H and O–H groups in total. The van der Waals surface area contributed by atoms with Gasteiger partial charge < -0.3 is 10.4 Å². The monoisotopic (exact) mass is 275 g/mol. The Bertz CT molecular complexity index is 638. The fourth-order valence-corrected chi connectivity index (χ4v) is 2.00. The van der Waals surface area contributed by atoms with Crippen LogP contribution in [0.25, 0.3) is 0 Å². The number of benzene rings is 2. The highest BCUT2D eigenvalue weighted by molar-refractivity contribution is 6.34. The molecule has 2 rings (SSSR count). The van der Waals surface area contributed by atoms with Gasteiger partial charge in [0.2, 0.25) is 0 Å². The molecule has 0 saturated carbocycles. The van der Waals surface area contributed by atoms with Crippen LogP contribution in [-0.4, -0.2) is 11.0 Å². The molecule has 4 heteroatoms. The van der Waals surface area contributed by atoms with Crippen LogP contribution in [0.2, 0.25) is 5.02 Å². The fourth-order valence-electron chi connectivity index (χ4n) is 1.78. The van der Waals surface area contributed by atoms with Gasteiger partial charge in [-0.25, -0.2) is 0 Å². The summed E-state index contributed by atoms with van der Waals surface area (Å²) in [5.41, 5.74) is 3.01. The van der Waals surface area contributed by atoms with E-state index < -0.39 is 0 Å². The van der Waals surface area contributed by atoms with E-state index in [0.717, 1.165) is 11.1 Å². The third kappa shape index (κ3) is 3.06. The Morgan fingerprint density at radius 1 is 1.16 bits per heavy atom. The lowest BCUT2D eigenvalue weighted by atomic mass is 10.1. The number of carbonyl (C=O) groups excluding carboxylic acids is 1. The van der Waals surface area contributed by atoms with E-state index in [-0.39, 0.29) is 11.7 Å². The molecule has 0 aliphatic carbocycles. The summed E-state index contributed by atoms with van der Waals surface area (Å²) in [7, 11) is 0. The third-order valence-electron chi connectivity index (χ3n) is 2.84. The second-order valence-electron chi connectivity index (χ2n) is 4.44. The Balaban J connectivity index is 2.28. The van der Waals surface area contributed by atoms with Crippen molar-refractivity contribution >= 4 is 23.2 Å². The molecular weight excluding hydrogens is 262 g/mol. The lowest BCUT2D eigenvalue weighted by Crippen LogP contribution is -2.13. The number of halogens is 1. The van der Waals surface area contributed by atoms with Crippen molar-refractivity contribution in [1.82, 2.24) is 0 Å². The quantitative estimate of drug-likeness (QED) is 0.816. The van der Waals surface area contributed by atoms with Crippen LogP contribution < -0.4 is 5.32 Å². The molecule has 0 fully saturated rings. The van der Waals surface area contributed by atoms with Crippen LogP contribution in [0.5, 0.6) is 5.75 Å². The average molecular weight is 276 g/mol. The minimum Gasteiger partial charge on any atom is -0.508 e. The van der Waals surface area contributed by atoms with Gasteiger partial charge in [-0.2, -0.15) is 0 Å². The van der Waals surface area contributed by atoms with Crippen LogP contribution in [0, 0.1) is 13.8 Å². The predicted octanol–water partition coefficient (Wildman–Crippen LogP) is 3.91. The molecule has 0 aliphatic heterocycles. The molecule has 0 bridgehead atoms. The number of anilines is 1. The molecule has 1 amide bonds. The standard InChI is InChI=1S/C15H14ClNO2/c1-9-3-4-10(2)12(7-9)15(19)17-14-6-5-11(18)8-13(14)16/h3-8,18H,1-2H3,(H,17,19). The lowest BCUT2D eigenvalue weighted by Gasteiger charge is -2.10. The summed E-state index contributed by atoms with van der Waals surface area (Å²) >= 11 is 5.96. The first kappa shape index (κ1) is 13.4. The maximum atomic E-state index is 12.2. The number of hydrogen-bond donors (Lipinski definition) is 2. The molecular formula is C15H14ClNO2.